The highest BCUT2D eigenvalue weighted by atomic mass is 16.5. The van der Waals surface area contributed by atoms with E-state index in [1.54, 1.807) is 36.2 Å². The monoisotopic (exact) mass is 322 g/mol. The van der Waals surface area contributed by atoms with Crippen LogP contribution < -0.4 is 14.6 Å². The Hall–Kier alpha value is -3.24. The number of nitrogens with one attached hydrogen (secondary N) is 2. The fourth-order valence-corrected chi connectivity index (χ4v) is 2.80. The van der Waals surface area contributed by atoms with Crippen LogP contribution in [0.25, 0.3) is 0 Å². The van der Waals surface area contributed by atoms with Gasteiger partial charge in [-0.3, -0.25) is 15.0 Å². The van der Waals surface area contributed by atoms with Crippen molar-refractivity contribution in [1.29, 1.82) is 5.41 Å². The first kappa shape index (κ1) is 15.6. The first-order valence-electron chi connectivity index (χ1n) is 7.40. The number of methoxy groups -OCH3 is 1. The Morgan fingerprint density at radius 3 is 2.38 bits per heavy atom. The molecule has 0 radical (unpaired) electrons. The highest BCUT2D eigenvalue weighted by Crippen LogP contribution is 2.30. The van der Waals surface area contributed by atoms with Crippen molar-refractivity contribution >= 4 is 17.6 Å². The van der Waals surface area contributed by atoms with Crippen molar-refractivity contribution in [3.63, 3.8) is 0 Å². The molecule has 2 atom stereocenters. The van der Waals surface area contributed by atoms with Gasteiger partial charge < -0.3 is 10.1 Å². The van der Waals surface area contributed by atoms with E-state index in [1.165, 1.54) is 0 Å². The van der Waals surface area contributed by atoms with Crippen LogP contribution in [0.3, 0.4) is 0 Å². The van der Waals surface area contributed by atoms with Gasteiger partial charge in [-0.25, -0.2) is 0 Å². The van der Waals surface area contributed by atoms with E-state index in [9.17, 15) is 9.59 Å². The van der Waals surface area contributed by atoms with Gasteiger partial charge in [-0.15, -0.1) is 0 Å². The van der Waals surface area contributed by atoms with Crippen molar-refractivity contribution in [2.45, 2.75) is 12.1 Å². The summed E-state index contributed by atoms with van der Waals surface area (Å²) in [6.45, 7) is 0. The summed E-state index contributed by atoms with van der Waals surface area (Å²) < 4.78 is 6.88. The molecule has 0 saturated carbocycles. The third-order valence-electron chi connectivity index (χ3n) is 4.00. The Morgan fingerprint density at radius 2 is 1.79 bits per heavy atom. The van der Waals surface area contributed by atoms with Gasteiger partial charge in [0.25, 0.3) is 5.91 Å². The fraction of sp³-hybridized carbons (Fsp3) is 0.167. The van der Waals surface area contributed by atoms with Crippen molar-refractivity contribution in [3.05, 3.63) is 66.0 Å². The lowest BCUT2D eigenvalue weighted by atomic mass is 9.88. The van der Waals surface area contributed by atoms with Crippen LogP contribution in [0, 0.1) is 5.41 Å². The number of benzene rings is 1. The number of ketones is 1. The van der Waals surface area contributed by atoms with Gasteiger partial charge in [0.15, 0.2) is 18.0 Å². The molecule has 1 saturated heterocycles. The summed E-state index contributed by atoms with van der Waals surface area (Å²) >= 11 is 0. The number of nitrogens with zero attached hydrogens (tertiary/aromatic N) is 1. The largest absolute Gasteiger partial charge is 0.497 e. The normalized spacial score (nSPS) is 20.3. The molecule has 120 valence electrons. The van der Waals surface area contributed by atoms with Gasteiger partial charge in [0.2, 0.25) is 11.8 Å². The molecule has 1 aromatic carbocycles. The van der Waals surface area contributed by atoms with Gasteiger partial charge in [-0.2, -0.15) is 4.57 Å². The summed E-state index contributed by atoms with van der Waals surface area (Å²) in [5, 5.41) is 10.0. The number of piperidine rings is 1. The Bertz CT molecular complexity index is 824. The minimum absolute atomic E-state index is 0.263. The number of hydrogen-bond acceptors (Lipinski definition) is 4. The molecule has 1 aliphatic rings. The molecule has 0 unspecified atom stereocenters. The van der Waals surface area contributed by atoms with Crippen LogP contribution in [0.2, 0.25) is 0 Å². The maximum atomic E-state index is 12.7. The van der Waals surface area contributed by atoms with E-state index in [4.69, 9.17) is 10.1 Å². The second-order valence-electron chi connectivity index (χ2n) is 5.36. The highest BCUT2D eigenvalue weighted by molar-refractivity contribution is 6.27. The molecule has 24 heavy (non-hydrogen) atoms. The number of carbonyl (C=O) groups is 2. The molecule has 1 fully saturated rings. The van der Waals surface area contributed by atoms with Gasteiger partial charge in [0.05, 0.1) is 7.11 Å². The molecule has 0 bridgehead atoms. The first-order valence-corrected chi connectivity index (χ1v) is 7.40. The lowest BCUT2D eigenvalue weighted by molar-refractivity contribution is -0.712. The minimum atomic E-state index is -0.676. The summed E-state index contributed by atoms with van der Waals surface area (Å²) in [6, 6.07) is 11.4. The molecule has 6 nitrogen and oxygen atoms in total. The second kappa shape index (κ2) is 6.48. The second-order valence-corrected chi connectivity index (χ2v) is 5.36. The zero-order valence-electron chi connectivity index (χ0n) is 13.0. The number of ether oxygens (including phenoxy) is 1. The van der Waals surface area contributed by atoms with Crippen LogP contribution in [0.5, 0.6) is 5.75 Å². The van der Waals surface area contributed by atoms with E-state index in [2.05, 4.69) is 5.32 Å². The molecule has 0 aliphatic carbocycles. The maximum absolute atomic E-state index is 12.7. The quantitative estimate of drug-likeness (QED) is 0.385. The van der Waals surface area contributed by atoms with E-state index in [0.717, 1.165) is 5.56 Å². The molecule has 1 amide bonds. The van der Waals surface area contributed by atoms with Crippen LogP contribution in [-0.4, -0.2) is 24.7 Å². The van der Waals surface area contributed by atoms with E-state index in [0.29, 0.717) is 5.75 Å². The van der Waals surface area contributed by atoms with Crippen molar-refractivity contribution in [2.75, 3.05) is 7.11 Å². The fourth-order valence-electron chi connectivity index (χ4n) is 2.80. The van der Waals surface area contributed by atoms with Crippen LogP contribution in [-0.2, 0) is 9.59 Å². The van der Waals surface area contributed by atoms with Crippen molar-refractivity contribution in [2.24, 2.45) is 0 Å². The first-order chi connectivity index (χ1) is 11.7. The Labute approximate surface area is 138 Å². The molecular weight excluding hydrogens is 306 g/mol. The SMILES string of the molecule is COc1ccc([C@H]2NC(=O)C(=C=N)C(=O)[C@@H]2[n+]2ccccc2)cc1. The van der Waals surface area contributed by atoms with Gasteiger partial charge in [0.1, 0.15) is 11.8 Å². The topological polar surface area (TPSA) is 83.1 Å². The van der Waals surface area contributed by atoms with Gasteiger partial charge >= 0.3 is 0 Å². The molecule has 2 N–H and O–H groups in total. The van der Waals surface area contributed by atoms with E-state index in [1.807, 2.05) is 36.2 Å². The number of Topliss-reactive ketones (excluding diaryl/α,β-unsaturated/α-hetero) is 1. The lowest BCUT2D eigenvalue weighted by Gasteiger charge is -2.28. The van der Waals surface area contributed by atoms with Crippen molar-refractivity contribution in [1.82, 2.24) is 5.32 Å². The van der Waals surface area contributed by atoms with Crippen LogP contribution in [0.15, 0.2) is 60.4 Å². The average molecular weight is 322 g/mol. The molecular formula is C18H16N3O3+. The maximum Gasteiger partial charge on any atom is 0.265 e. The number of aromatic nitrogens is 1. The van der Waals surface area contributed by atoms with Crippen molar-refractivity contribution in [3.8, 4) is 5.75 Å². The number of hydrogen-bond donors (Lipinski definition) is 2. The number of carbonyl (C=O) groups excluding carboxylic acids is 2. The highest BCUT2D eigenvalue weighted by Gasteiger charge is 2.46. The smallest absolute Gasteiger partial charge is 0.265 e. The van der Waals surface area contributed by atoms with Gasteiger partial charge in [-0.1, -0.05) is 18.2 Å². The number of pyridine rings is 1. The molecule has 1 aliphatic heterocycles. The standard InChI is InChI=1S/C18H15N3O3/c1-24-13-7-5-12(6-8-13)15-16(21-9-3-2-4-10-21)17(22)14(11-19)18(23)20-15/h2-10,15-16,19H,1H3/p+1/t15-,16-/m1/s1. The zero-order chi connectivity index (χ0) is 17.1. The predicted octanol–water partition coefficient (Wildman–Crippen LogP) is 1.14. The summed E-state index contributed by atoms with van der Waals surface area (Å²) in [5.74, 6) is 1.65. The van der Waals surface area contributed by atoms with Crippen LogP contribution in [0.4, 0.5) is 0 Å². The van der Waals surface area contributed by atoms with Gasteiger partial charge in [0, 0.05) is 12.1 Å². The molecule has 2 aromatic rings. The van der Waals surface area contributed by atoms with Crippen LogP contribution >= 0.6 is 0 Å². The molecule has 6 heteroatoms. The minimum Gasteiger partial charge on any atom is -0.497 e. The van der Waals surface area contributed by atoms with Gasteiger partial charge in [-0.05, 0) is 23.6 Å². The predicted molar refractivity (Wildman–Crippen MR) is 85.8 cm³/mol. The van der Waals surface area contributed by atoms with Crippen LogP contribution in [0.1, 0.15) is 17.6 Å². The van der Waals surface area contributed by atoms with E-state index in [-0.39, 0.29) is 5.57 Å². The van der Waals surface area contributed by atoms with E-state index >= 15 is 0 Å². The third-order valence-corrected chi connectivity index (χ3v) is 4.00. The van der Waals surface area contributed by atoms with E-state index < -0.39 is 23.8 Å². The molecule has 1 aromatic heterocycles. The molecule has 3 rings (SSSR count). The summed E-state index contributed by atoms with van der Waals surface area (Å²) in [6.07, 6.45) is 3.52. The summed E-state index contributed by atoms with van der Waals surface area (Å²) in [7, 11) is 1.57. The third kappa shape index (κ3) is 2.71. The summed E-state index contributed by atoms with van der Waals surface area (Å²) in [4.78, 5) is 24.9. The average Bonchev–Trinajstić information content (AvgIpc) is 2.62. The molecule has 0 spiro atoms. The Kier molecular flexibility index (Phi) is 4.22. The molecule has 2 heterocycles. The van der Waals surface area contributed by atoms with Crippen molar-refractivity contribution < 1.29 is 18.9 Å². The Balaban J connectivity index is 2.08. The number of amides is 1. The lowest BCUT2D eigenvalue weighted by Crippen LogP contribution is -2.56. The zero-order valence-corrected chi connectivity index (χ0v) is 13.0. The summed E-state index contributed by atoms with van der Waals surface area (Å²) in [5.41, 5.74) is 0.518. The Morgan fingerprint density at radius 1 is 1.12 bits per heavy atom. The number of rotatable bonds is 3.